The third kappa shape index (κ3) is 2.76. The van der Waals surface area contributed by atoms with Crippen LogP contribution >= 0.6 is 11.6 Å². The fourth-order valence-corrected chi connectivity index (χ4v) is 3.30. The predicted molar refractivity (Wildman–Crippen MR) is 75.9 cm³/mol. The summed E-state index contributed by atoms with van der Waals surface area (Å²) in [5.41, 5.74) is 0.00458. The number of aromatic nitrogens is 1. The Morgan fingerprint density at radius 1 is 1.25 bits per heavy atom. The first kappa shape index (κ1) is 14.7. The highest BCUT2D eigenvalue weighted by atomic mass is 35.5. The average molecular weight is 315 g/mol. The van der Waals surface area contributed by atoms with E-state index in [1.54, 1.807) is 13.0 Å². The molecule has 0 bridgehead atoms. The topological polar surface area (TPSA) is 50.3 Å². The Kier molecular flexibility index (Phi) is 4.25. The van der Waals surface area contributed by atoms with Crippen LogP contribution in [0.1, 0.15) is 6.92 Å². The second-order valence-corrected chi connectivity index (χ2v) is 6.19. The van der Waals surface area contributed by atoms with E-state index in [4.69, 9.17) is 11.6 Å². The number of nitrogens with zero attached hydrogens (tertiary/aromatic N) is 2. The average Bonchev–Trinajstić information content (AvgIpc) is 2.42. The molecule has 0 unspecified atom stereocenters. The Balaban J connectivity index is 2.51. The normalized spacial score (nSPS) is 11.3. The van der Waals surface area contributed by atoms with Gasteiger partial charge in [0, 0.05) is 12.7 Å². The summed E-state index contributed by atoms with van der Waals surface area (Å²) in [5, 5.41) is 0.192. The second kappa shape index (κ2) is 5.76. The van der Waals surface area contributed by atoms with Gasteiger partial charge in [-0.2, -0.15) is 0 Å². The van der Waals surface area contributed by atoms with Crippen LogP contribution in [0, 0.1) is 5.82 Å². The third-order valence-corrected chi connectivity index (χ3v) is 4.79. The molecule has 0 saturated carbocycles. The highest BCUT2D eigenvalue weighted by Crippen LogP contribution is 2.25. The minimum atomic E-state index is -3.87. The van der Waals surface area contributed by atoms with Crippen LogP contribution < -0.4 is 4.31 Å². The van der Waals surface area contributed by atoms with Gasteiger partial charge in [-0.05, 0) is 31.2 Å². The zero-order valence-electron chi connectivity index (χ0n) is 10.6. The molecule has 0 amide bonds. The van der Waals surface area contributed by atoms with Gasteiger partial charge in [-0.15, -0.1) is 0 Å². The summed E-state index contributed by atoms with van der Waals surface area (Å²) in [6.07, 6.45) is 1.15. The third-order valence-electron chi connectivity index (χ3n) is 2.70. The smallest absolute Gasteiger partial charge is 0.264 e. The molecule has 4 nitrogen and oxygen atoms in total. The van der Waals surface area contributed by atoms with Crippen LogP contribution in [0.2, 0.25) is 5.15 Å². The summed E-state index contributed by atoms with van der Waals surface area (Å²) < 4.78 is 39.8. The number of pyridine rings is 1. The van der Waals surface area contributed by atoms with Crippen LogP contribution in [-0.2, 0) is 10.0 Å². The van der Waals surface area contributed by atoms with E-state index in [2.05, 4.69) is 4.98 Å². The minimum Gasteiger partial charge on any atom is -0.264 e. The fourth-order valence-electron chi connectivity index (χ4n) is 1.77. The van der Waals surface area contributed by atoms with Crippen molar-refractivity contribution in [2.24, 2.45) is 0 Å². The van der Waals surface area contributed by atoms with Gasteiger partial charge in [0.05, 0.1) is 5.69 Å². The molecular formula is C13H12ClFN2O2S. The molecule has 2 rings (SSSR count). The van der Waals surface area contributed by atoms with Crippen LogP contribution in [0.15, 0.2) is 47.5 Å². The molecule has 1 aromatic carbocycles. The molecule has 0 spiro atoms. The van der Waals surface area contributed by atoms with Crippen molar-refractivity contribution < 1.29 is 12.8 Å². The number of para-hydroxylation sites is 1. The van der Waals surface area contributed by atoms with Gasteiger partial charge in [0.2, 0.25) is 0 Å². The Labute approximate surface area is 121 Å². The molecular weight excluding hydrogens is 303 g/mol. The van der Waals surface area contributed by atoms with E-state index >= 15 is 0 Å². The van der Waals surface area contributed by atoms with Gasteiger partial charge < -0.3 is 0 Å². The molecule has 106 valence electrons. The van der Waals surface area contributed by atoms with Gasteiger partial charge in [-0.1, -0.05) is 23.7 Å². The first-order chi connectivity index (χ1) is 9.46. The number of anilines is 1. The van der Waals surface area contributed by atoms with E-state index in [1.165, 1.54) is 30.3 Å². The minimum absolute atomic E-state index is 0.00458. The van der Waals surface area contributed by atoms with E-state index in [9.17, 15) is 12.8 Å². The van der Waals surface area contributed by atoms with E-state index in [-0.39, 0.29) is 22.3 Å². The SMILES string of the molecule is CCN(c1ccccc1F)S(=O)(=O)c1ccc(Cl)nc1. The first-order valence-corrected chi connectivity index (χ1v) is 7.67. The molecule has 1 aromatic heterocycles. The summed E-state index contributed by atoms with van der Waals surface area (Å²) >= 11 is 5.64. The Morgan fingerprint density at radius 3 is 2.50 bits per heavy atom. The lowest BCUT2D eigenvalue weighted by Crippen LogP contribution is -2.31. The Bertz CT molecular complexity index is 705. The zero-order chi connectivity index (χ0) is 14.8. The monoisotopic (exact) mass is 314 g/mol. The summed E-state index contributed by atoms with van der Waals surface area (Å²) in [6, 6.07) is 8.44. The number of benzene rings is 1. The van der Waals surface area contributed by atoms with E-state index < -0.39 is 15.8 Å². The van der Waals surface area contributed by atoms with Gasteiger partial charge in [0.25, 0.3) is 10.0 Å². The molecule has 2 aromatic rings. The van der Waals surface area contributed by atoms with E-state index in [0.717, 1.165) is 10.5 Å². The van der Waals surface area contributed by atoms with E-state index in [0.29, 0.717) is 0 Å². The molecule has 0 atom stereocenters. The molecule has 20 heavy (non-hydrogen) atoms. The van der Waals surface area contributed by atoms with Gasteiger partial charge in [0.15, 0.2) is 0 Å². The van der Waals surface area contributed by atoms with Gasteiger partial charge in [-0.3, -0.25) is 4.31 Å². The predicted octanol–water partition coefficient (Wildman–Crippen LogP) is 3.09. The number of rotatable bonds is 4. The lowest BCUT2D eigenvalue weighted by atomic mass is 10.3. The summed E-state index contributed by atoms with van der Waals surface area (Å²) in [7, 11) is -3.87. The molecule has 0 saturated heterocycles. The summed E-state index contributed by atoms with van der Waals surface area (Å²) in [4.78, 5) is 3.71. The van der Waals surface area contributed by atoms with Crippen molar-refractivity contribution in [1.29, 1.82) is 0 Å². The van der Waals surface area contributed by atoms with Crippen molar-refractivity contribution in [3.63, 3.8) is 0 Å². The molecule has 0 aliphatic heterocycles. The number of halogens is 2. The number of hydrogen-bond acceptors (Lipinski definition) is 3. The quantitative estimate of drug-likeness (QED) is 0.815. The Morgan fingerprint density at radius 2 is 1.95 bits per heavy atom. The lowest BCUT2D eigenvalue weighted by Gasteiger charge is -2.23. The largest absolute Gasteiger partial charge is 0.265 e. The van der Waals surface area contributed by atoms with Gasteiger partial charge in [0.1, 0.15) is 15.9 Å². The van der Waals surface area contributed by atoms with Crippen LogP contribution in [0.4, 0.5) is 10.1 Å². The molecule has 0 fully saturated rings. The lowest BCUT2D eigenvalue weighted by molar-refractivity contribution is 0.586. The molecule has 0 N–H and O–H groups in total. The van der Waals surface area contributed by atoms with Crippen molar-refractivity contribution in [1.82, 2.24) is 4.98 Å². The second-order valence-electron chi connectivity index (χ2n) is 3.94. The maximum absolute atomic E-state index is 13.8. The van der Waals surface area contributed by atoms with Gasteiger partial charge >= 0.3 is 0 Å². The maximum Gasteiger partial charge on any atom is 0.265 e. The van der Waals surface area contributed by atoms with Crippen molar-refractivity contribution in [3.05, 3.63) is 53.6 Å². The van der Waals surface area contributed by atoms with Crippen molar-refractivity contribution in [2.45, 2.75) is 11.8 Å². The van der Waals surface area contributed by atoms with Crippen molar-refractivity contribution in [2.75, 3.05) is 10.8 Å². The molecule has 0 aliphatic carbocycles. The first-order valence-electron chi connectivity index (χ1n) is 5.85. The van der Waals surface area contributed by atoms with Crippen molar-refractivity contribution >= 4 is 27.3 Å². The van der Waals surface area contributed by atoms with Gasteiger partial charge in [-0.25, -0.2) is 17.8 Å². The van der Waals surface area contributed by atoms with Crippen LogP contribution in [0.5, 0.6) is 0 Å². The maximum atomic E-state index is 13.8. The van der Waals surface area contributed by atoms with Crippen molar-refractivity contribution in [3.8, 4) is 0 Å². The van der Waals surface area contributed by atoms with Crippen LogP contribution in [-0.4, -0.2) is 19.9 Å². The fraction of sp³-hybridized carbons (Fsp3) is 0.154. The van der Waals surface area contributed by atoms with E-state index in [1.807, 2.05) is 0 Å². The van der Waals surface area contributed by atoms with Crippen LogP contribution in [0.3, 0.4) is 0 Å². The summed E-state index contributed by atoms with van der Waals surface area (Å²) in [6.45, 7) is 1.74. The van der Waals surface area contributed by atoms with Crippen LogP contribution in [0.25, 0.3) is 0 Å². The zero-order valence-corrected chi connectivity index (χ0v) is 12.2. The number of sulfonamides is 1. The highest BCUT2D eigenvalue weighted by Gasteiger charge is 2.25. The molecule has 7 heteroatoms. The Hall–Kier alpha value is -1.66. The highest BCUT2D eigenvalue weighted by molar-refractivity contribution is 7.92. The number of hydrogen-bond donors (Lipinski definition) is 0. The summed E-state index contributed by atoms with van der Waals surface area (Å²) in [5.74, 6) is -0.597. The molecule has 0 radical (unpaired) electrons. The standard InChI is InChI=1S/C13H12ClFN2O2S/c1-2-17(12-6-4-3-5-11(12)15)20(18,19)10-7-8-13(14)16-9-10/h3-9H,2H2,1H3. The molecule has 1 heterocycles. The molecule has 0 aliphatic rings.